The number of amides is 1. The fourth-order valence-electron chi connectivity index (χ4n) is 2.72. The average Bonchev–Trinajstić information content (AvgIpc) is 3.05. The molecule has 1 heterocycles. The number of fused-ring (bicyclic) bond motifs is 1. The molecule has 1 amide bonds. The third-order valence-electron chi connectivity index (χ3n) is 4.15. The fourth-order valence-corrected chi connectivity index (χ4v) is 3.35. The van der Waals surface area contributed by atoms with E-state index < -0.39 is 29.0 Å². The third kappa shape index (κ3) is 5.54. The molecule has 27 heavy (non-hydrogen) atoms. The second kappa shape index (κ2) is 9.70. The van der Waals surface area contributed by atoms with Gasteiger partial charge in [0.2, 0.25) is 11.7 Å². The molecule has 0 unspecified atom stereocenters. The van der Waals surface area contributed by atoms with Crippen molar-refractivity contribution in [2.45, 2.75) is 30.6 Å². The van der Waals surface area contributed by atoms with Gasteiger partial charge in [0.05, 0.1) is 5.25 Å². The number of hydrogen-bond acceptors (Lipinski definition) is 4. The van der Waals surface area contributed by atoms with Crippen LogP contribution in [0.15, 0.2) is 30.5 Å². The molecular formula is C18H20N4O4S. The number of H-pyrrole nitrogens is 1. The van der Waals surface area contributed by atoms with Crippen molar-refractivity contribution < 1.29 is 24.3 Å². The minimum absolute atomic E-state index is 0.0832. The second-order valence-corrected chi connectivity index (χ2v) is 6.98. The van der Waals surface area contributed by atoms with Gasteiger partial charge in [0, 0.05) is 23.5 Å². The van der Waals surface area contributed by atoms with Crippen LogP contribution in [0.5, 0.6) is 0 Å². The molecular weight excluding hydrogens is 368 g/mol. The lowest BCUT2D eigenvalue weighted by atomic mass is 10.1. The van der Waals surface area contributed by atoms with Crippen molar-refractivity contribution >= 4 is 46.5 Å². The Hall–Kier alpha value is -2.90. The number of benzene rings is 1. The molecule has 0 saturated heterocycles. The maximum atomic E-state index is 12.6. The number of aromatic amines is 1. The molecule has 0 radical (unpaired) electrons. The first-order valence-electron chi connectivity index (χ1n) is 8.27. The summed E-state index contributed by atoms with van der Waals surface area (Å²) in [5, 5.41) is 12.3. The minimum Gasteiger partial charge on any atom is -0.480 e. The van der Waals surface area contributed by atoms with Crippen molar-refractivity contribution in [1.29, 1.82) is 0 Å². The van der Waals surface area contributed by atoms with E-state index in [1.807, 2.05) is 30.5 Å². The average molecular weight is 388 g/mol. The number of rotatable bonds is 10. The number of hydrogen-bond donors (Lipinski definition) is 3. The highest BCUT2D eigenvalue weighted by atomic mass is 32.2. The van der Waals surface area contributed by atoms with Gasteiger partial charge >= 0.3 is 12.2 Å². The SMILES string of the molecule is CS[C@@H](Cc1c[nH]c2ccccc12)C(=O)N[C@@H](CCC(=O)C=[N+]=[N-])C(=O)O. The standard InChI is InChI=1S/C18H20N4O4S/c1-27-16(8-11-9-20-14-5-3-2-4-13(11)14)17(24)22-15(18(25)26)7-6-12(23)10-21-19/h2-5,9-10,15-16,20H,6-8H2,1H3,(H,22,24)(H,25,26)/t15-,16-/m0/s1. The van der Waals surface area contributed by atoms with Crippen LogP contribution in [-0.2, 0) is 20.8 Å². The van der Waals surface area contributed by atoms with Crippen LogP contribution in [0.3, 0.4) is 0 Å². The largest absolute Gasteiger partial charge is 0.480 e. The van der Waals surface area contributed by atoms with E-state index in [0.29, 0.717) is 12.6 Å². The molecule has 9 heteroatoms. The number of para-hydroxylation sites is 1. The lowest BCUT2D eigenvalue weighted by molar-refractivity contribution is -0.142. The molecule has 3 N–H and O–H groups in total. The first kappa shape index (κ1) is 20.4. The fraction of sp³-hybridized carbons (Fsp3) is 0.333. The van der Waals surface area contributed by atoms with Crippen molar-refractivity contribution in [1.82, 2.24) is 10.3 Å². The van der Waals surface area contributed by atoms with E-state index in [0.717, 1.165) is 16.5 Å². The number of carboxylic acid groups (broad SMARTS) is 1. The van der Waals surface area contributed by atoms with Gasteiger partial charge in [0.1, 0.15) is 6.04 Å². The molecule has 8 nitrogen and oxygen atoms in total. The Morgan fingerprint density at radius 3 is 2.78 bits per heavy atom. The van der Waals surface area contributed by atoms with Crippen LogP contribution in [0.2, 0.25) is 0 Å². The summed E-state index contributed by atoms with van der Waals surface area (Å²) in [6, 6.07) is 6.55. The minimum atomic E-state index is -1.22. The molecule has 0 aliphatic carbocycles. The van der Waals surface area contributed by atoms with E-state index >= 15 is 0 Å². The van der Waals surface area contributed by atoms with Crippen molar-refractivity contribution in [2.75, 3.05) is 6.26 Å². The first-order chi connectivity index (χ1) is 13.0. The van der Waals surface area contributed by atoms with Gasteiger partial charge in [-0.25, -0.2) is 4.79 Å². The predicted molar refractivity (Wildman–Crippen MR) is 103 cm³/mol. The molecule has 0 aliphatic rings. The molecule has 0 aliphatic heterocycles. The molecule has 1 aromatic heterocycles. The van der Waals surface area contributed by atoms with Crippen LogP contribution in [0.1, 0.15) is 18.4 Å². The Labute approximate surface area is 160 Å². The lowest BCUT2D eigenvalue weighted by Gasteiger charge is -2.18. The van der Waals surface area contributed by atoms with Crippen LogP contribution in [0.25, 0.3) is 16.4 Å². The Morgan fingerprint density at radius 1 is 1.37 bits per heavy atom. The van der Waals surface area contributed by atoms with Gasteiger partial charge < -0.3 is 20.9 Å². The van der Waals surface area contributed by atoms with Gasteiger partial charge in [-0.05, 0) is 30.7 Å². The van der Waals surface area contributed by atoms with Crippen LogP contribution in [-0.4, -0.2) is 56.3 Å². The molecule has 0 bridgehead atoms. The van der Waals surface area contributed by atoms with Crippen molar-refractivity contribution in [3.63, 3.8) is 0 Å². The van der Waals surface area contributed by atoms with Crippen LogP contribution >= 0.6 is 11.8 Å². The van der Waals surface area contributed by atoms with Crippen LogP contribution in [0, 0.1) is 0 Å². The maximum absolute atomic E-state index is 12.6. The number of carbonyl (C=O) groups excluding carboxylic acids is 2. The lowest BCUT2D eigenvalue weighted by Crippen LogP contribution is -2.45. The Morgan fingerprint density at radius 2 is 2.11 bits per heavy atom. The number of nitrogens with zero attached hydrogens (tertiary/aromatic N) is 2. The normalized spacial score (nSPS) is 12.8. The Balaban J connectivity index is 2.04. The molecule has 0 fully saturated rings. The monoisotopic (exact) mass is 388 g/mol. The number of aliphatic carboxylic acids is 1. The molecule has 1 aromatic carbocycles. The summed E-state index contributed by atoms with van der Waals surface area (Å²) < 4.78 is 0. The van der Waals surface area contributed by atoms with Gasteiger partial charge in [-0.2, -0.15) is 16.6 Å². The summed E-state index contributed by atoms with van der Waals surface area (Å²) in [4.78, 5) is 41.1. The number of Topliss-reactive ketones (excluding diaryl/α,β-unsaturated/α-hetero) is 1. The van der Waals surface area contributed by atoms with E-state index in [9.17, 15) is 19.5 Å². The number of thioether (sulfide) groups is 1. The second-order valence-electron chi connectivity index (χ2n) is 5.94. The summed E-state index contributed by atoms with van der Waals surface area (Å²) in [5.74, 6) is -2.13. The Kier molecular flexibility index (Phi) is 7.34. The van der Waals surface area contributed by atoms with Gasteiger partial charge in [0.25, 0.3) is 0 Å². The highest BCUT2D eigenvalue weighted by molar-refractivity contribution is 7.99. The number of nitrogens with one attached hydrogen (secondary N) is 2. The molecule has 142 valence electrons. The Bertz CT molecular complexity index is 888. The molecule has 2 rings (SSSR count). The zero-order chi connectivity index (χ0) is 19.8. The molecule has 0 spiro atoms. The van der Waals surface area contributed by atoms with E-state index in [1.54, 1.807) is 6.26 Å². The topological polar surface area (TPSA) is 136 Å². The number of carboxylic acids is 1. The predicted octanol–water partition coefficient (Wildman–Crippen LogP) is 1.66. The first-order valence-corrected chi connectivity index (χ1v) is 9.56. The van der Waals surface area contributed by atoms with Crippen LogP contribution in [0.4, 0.5) is 0 Å². The zero-order valence-corrected chi connectivity index (χ0v) is 15.5. The van der Waals surface area contributed by atoms with E-state index in [2.05, 4.69) is 15.1 Å². The van der Waals surface area contributed by atoms with Crippen molar-refractivity contribution in [3.8, 4) is 0 Å². The number of aromatic nitrogens is 1. The molecule has 2 aromatic rings. The summed E-state index contributed by atoms with van der Waals surface area (Å²) in [6.07, 6.45) is 4.56. The van der Waals surface area contributed by atoms with Crippen molar-refractivity contribution in [3.05, 3.63) is 41.6 Å². The van der Waals surface area contributed by atoms with Gasteiger partial charge in [-0.3, -0.25) is 9.59 Å². The summed E-state index contributed by atoms with van der Waals surface area (Å²) >= 11 is 1.33. The summed E-state index contributed by atoms with van der Waals surface area (Å²) in [7, 11) is 0. The van der Waals surface area contributed by atoms with E-state index in [1.165, 1.54) is 11.8 Å². The molecule has 2 atom stereocenters. The van der Waals surface area contributed by atoms with E-state index in [-0.39, 0.29) is 12.8 Å². The summed E-state index contributed by atoms with van der Waals surface area (Å²) in [6.45, 7) is 0. The van der Waals surface area contributed by atoms with Gasteiger partial charge in [-0.1, -0.05) is 18.2 Å². The highest BCUT2D eigenvalue weighted by Crippen LogP contribution is 2.22. The van der Waals surface area contributed by atoms with Crippen molar-refractivity contribution in [2.24, 2.45) is 0 Å². The highest BCUT2D eigenvalue weighted by Gasteiger charge is 2.26. The van der Waals surface area contributed by atoms with Gasteiger partial charge in [0.15, 0.2) is 0 Å². The smallest absolute Gasteiger partial charge is 0.326 e. The third-order valence-corrected chi connectivity index (χ3v) is 5.10. The van der Waals surface area contributed by atoms with Gasteiger partial charge in [-0.15, -0.1) is 0 Å². The van der Waals surface area contributed by atoms with E-state index in [4.69, 9.17) is 5.53 Å². The zero-order valence-electron chi connectivity index (χ0n) is 14.7. The summed E-state index contributed by atoms with van der Waals surface area (Å²) in [5.41, 5.74) is 10.3. The number of ketones is 1. The quantitative estimate of drug-likeness (QED) is 0.323. The number of carbonyl (C=O) groups is 3. The maximum Gasteiger partial charge on any atom is 0.326 e. The molecule has 0 saturated carbocycles. The van der Waals surface area contributed by atoms with Crippen LogP contribution < -0.4 is 5.32 Å².